The Kier molecular flexibility index (Phi) is 7.02. The maximum atomic E-state index is 14.3. The van der Waals surface area contributed by atoms with E-state index in [9.17, 15) is 72.9 Å². The molecule has 0 aliphatic rings. The second-order valence-electron chi connectivity index (χ2n) is 6.50. The lowest BCUT2D eigenvalue weighted by molar-refractivity contribution is -0.390. The molecule has 38 heavy (non-hydrogen) atoms. The van der Waals surface area contributed by atoms with Gasteiger partial charge in [-0.3, -0.25) is 20.2 Å². The van der Waals surface area contributed by atoms with Crippen LogP contribution in [0.2, 0.25) is 0 Å². The van der Waals surface area contributed by atoms with Crippen LogP contribution in [0.25, 0.3) is 0 Å². The average Bonchev–Trinajstić information content (AvgIpc) is 2.84. The Bertz CT molecular complexity index is 1360. The van der Waals surface area contributed by atoms with Gasteiger partial charge in [0.05, 0.1) is 9.85 Å². The fourth-order valence-corrected chi connectivity index (χ4v) is 2.67. The van der Waals surface area contributed by atoms with Crippen LogP contribution in [0.3, 0.4) is 0 Å². The maximum Gasteiger partial charge on any atom is 0.346 e. The van der Waals surface area contributed by atoms with Crippen LogP contribution in [-0.2, 0) is 0 Å². The molecule has 0 aromatic heterocycles. The van der Waals surface area contributed by atoms with Crippen LogP contribution in [-0.4, -0.2) is 9.85 Å². The number of nitrogens with zero attached hydrogens (tertiary/aromatic N) is 2. The van der Waals surface area contributed by atoms with Gasteiger partial charge in [0.1, 0.15) is 0 Å². The minimum atomic E-state index is -2.90. The number of ether oxygens (including phenoxy) is 2. The summed E-state index contributed by atoms with van der Waals surface area (Å²) in [4.78, 5) is 17.2. The monoisotopic (exact) mass is 568 g/mol. The highest BCUT2D eigenvalue weighted by atomic mass is 19.2. The molecule has 0 radical (unpaired) electrons. The van der Waals surface area contributed by atoms with Gasteiger partial charge in [0, 0.05) is 0 Å². The Morgan fingerprint density at radius 1 is 0.368 bits per heavy atom. The van der Waals surface area contributed by atoms with E-state index in [1.165, 1.54) is 0 Å². The minimum Gasteiger partial charge on any atom is -0.444 e. The summed E-state index contributed by atoms with van der Waals surface area (Å²) in [6, 6.07) is 0. The third kappa shape index (κ3) is 4.12. The van der Waals surface area contributed by atoms with Gasteiger partial charge in [0.2, 0.25) is 92.8 Å². The molecule has 0 saturated carbocycles. The molecule has 0 atom stereocenters. The Morgan fingerprint density at radius 3 is 0.684 bits per heavy atom. The molecule has 3 aromatic carbocycles. The summed E-state index contributed by atoms with van der Waals surface area (Å²) in [5.74, 6) is -44.0. The van der Waals surface area contributed by atoms with E-state index in [0.29, 0.717) is 0 Å². The van der Waals surface area contributed by atoms with Crippen LogP contribution in [0, 0.1) is 90.0 Å². The van der Waals surface area contributed by atoms with Crippen LogP contribution < -0.4 is 9.47 Å². The molecule has 0 N–H and O–H groups in total. The van der Waals surface area contributed by atoms with Crippen LogP contribution in [0.4, 0.5) is 64.1 Å². The fraction of sp³-hybridized carbons (Fsp3) is 0. The summed E-state index contributed by atoms with van der Waals surface area (Å²) < 4.78 is 176. The van der Waals surface area contributed by atoms with E-state index in [-0.39, 0.29) is 0 Å². The van der Waals surface area contributed by atoms with E-state index in [1.54, 1.807) is 0 Å². The Labute approximate surface area is 197 Å². The van der Waals surface area contributed by atoms with E-state index < -0.39 is 114 Å². The Morgan fingerprint density at radius 2 is 0.526 bits per heavy atom. The van der Waals surface area contributed by atoms with Gasteiger partial charge in [-0.25, -0.2) is 0 Å². The number of nitro benzene ring substituents is 2. The van der Waals surface area contributed by atoms with E-state index in [0.717, 1.165) is 0 Å². The average molecular weight is 568 g/mol. The summed E-state index contributed by atoms with van der Waals surface area (Å²) >= 11 is 0. The van der Waals surface area contributed by atoms with Gasteiger partial charge >= 0.3 is 11.4 Å². The molecule has 202 valence electrons. The number of rotatable bonds is 6. The van der Waals surface area contributed by atoms with Gasteiger partial charge in [-0.15, -0.1) is 0 Å². The molecule has 0 fully saturated rings. The molecule has 0 spiro atoms. The van der Waals surface area contributed by atoms with Gasteiger partial charge < -0.3 is 9.47 Å². The number of benzene rings is 3. The Hall–Kier alpha value is -4.78. The van der Waals surface area contributed by atoms with Crippen molar-refractivity contribution in [2.75, 3.05) is 0 Å². The fourth-order valence-electron chi connectivity index (χ4n) is 2.67. The highest BCUT2D eigenvalue weighted by Gasteiger charge is 2.39. The van der Waals surface area contributed by atoms with Crippen LogP contribution in [0.1, 0.15) is 0 Å². The molecular formula is C18F12N2O6. The zero-order chi connectivity index (χ0) is 29.0. The number of halogens is 12. The molecule has 0 unspecified atom stereocenters. The highest BCUT2D eigenvalue weighted by molar-refractivity contribution is 5.48. The first-order chi connectivity index (χ1) is 17.5. The molecule has 0 saturated heterocycles. The maximum absolute atomic E-state index is 14.3. The predicted octanol–water partition coefficient (Wildman–Crippen LogP) is 6.76. The van der Waals surface area contributed by atoms with Crippen molar-refractivity contribution in [1.29, 1.82) is 0 Å². The topological polar surface area (TPSA) is 105 Å². The van der Waals surface area contributed by atoms with Crippen molar-refractivity contribution in [3.63, 3.8) is 0 Å². The van der Waals surface area contributed by atoms with Crippen molar-refractivity contribution in [2.24, 2.45) is 0 Å². The number of hydrogen-bond acceptors (Lipinski definition) is 6. The lowest BCUT2D eigenvalue weighted by Crippen LogP contribution is -2.10. The Balaban J connectivity index is 2.19. The third-order valence-electron chi connectivity index (χ3n) is 4.36. The lowest BCUT2D eigenvalue weighted by atomic mass is 10.2. The van der Waals surface area contributed by atoms with E-state index in [2.05, 4.69) is 9.47 Å². The molecule has 20 heteroatoms. The van der Waals surface area contributed by atoms with E-state index in [4.69, 9.17) is 0 Å². The van der Waals surface area contributed by atoms with Gasteiger partial charge in [0.25, 0.3) is 0 Å². The summed E-state index contributed by atoms with van der Waals surface area (Å²) in [7, 11) is 0. The van der Waals surface area contributed by atoms with Gasteiger partial charge in [-0.1, -0.05) is 0 Å². The van der Waals surface area contributed by atoms with E-state index >= 15 is 0 Å². The van der Waals surface area contributed by atoms with Crippen molar-refractivity contribution in [3.05, 3.63) is 90.0 Å². The smallest absolute Gasteiger partial charge is 0.346 e. The zero-order valence-electron chi connectivity index (χ0n) is 16.9. The molecule has 3 rings (SSSR count). The van der Waals surface area contributed by atoms with Crippen molar-refractivity contribution in [1.82, 2.24) is 0 Å². The normalized spacial score (nSPS) is 11.1. The first kappa shape index (κ1) is 27.8. The third-order valence-corrected chi connectivity index (χ3v) is 4.36. The SMILES string of the molecule is O=[N+]([O-])c1c(F)c(F)c(Oc2c(F)c(F)c(Oc3c(F)c(F)c([N+](=O)[O-])c(F)c3F)c(F)c2F)c(F)c1F. The summed E-state index contributed by atoms with van der Waals surface area (Å²) in [5, 5.41) is 21.1. The van der Waals surface area contributed by atoms with Crippen LogP contribution in [0.5, 0.6) is 23.0 Å². The van der Waals surface area contributed by atoms with E-state index in [1.807, 2.05) is 0 Å². The zero-order valence-corrected chi connectivity index (χ0v) is 16.9. The molecule has 0 aliphatic carbocycles. The molecule has 3 aromatic rings. The second-order valence-corrected chi connectivity index (χ2v) is 6.50. The van der Waals surface area contributed by atoms with Crippen LogP contribution >= 0.6 is 0 Å². The summed E-state index contributed by atoms with van der Waals surface area (Å²) in [5.41, 5.74) is -4.86. The van der Waals surface area contributed by atoms with Crippen LogP contribution in [0.15, 0.2) is 0 Å². The summed E-state index contributed by atoms with van der Waals surface area (Å²) in [6.45, 7) is 0. The van der Waals surface area contributed by atoms with Gasteiger partial charge in [0.15, 0.2) is 0 Å². The molecule has 0 amide bonds. The van der Waals surface area contributed by atoms with Crippen molar-refractivity contribution < 1.29 is 72.0 Å². The van der Waals surface area contributed by atoms with Crippen molar-refractivity contribution >= 4 is 11.4 Å². The lowest BCUT2D eigenvalue weighted by Gasteiger charge is -2.15. The largest absolute Gasteiger partial charge is 0.444 e. The number of hydrogen-bond donors (Lipinski definition) is 0. The first-order valence-electron chi connectivity index (χ1n) is 8.76. The predicted molar refractivity (Wildman–Crippen MR) is 92.3 cm³/mol. The molecule has 0 bridgehead atoms. The minimum absolute atomic E-state index is 1.95. The quantitative estimate of drug-likeness (QED) is 0.141. The molecule has 8 nitrogen and oxygen atoms in total. The first-order valence-corrected chi connectivity index (χ1v) is 8.76. The van der Waals surface area contributed by atoms with Gasteiger partial charge in [-0.2, -0.15) is 52.7 Å². The molecular weight excluding hydrogens is 568 g/mol. The second kappa shape index (κ2) is 9.59. The van der Waals surface area contributed by atoms with Crippen molar-refractivity contribution in [3.8, 4) is 23.0 Å². The molecule has 0 heterocycles. The number of nitro groups is 2. The summed E-state index contributed by atoms with van der Waals surface area (Å²) in [6.07, 6.45) is 0. The van der Waals surface area contributed by atoms with Crippen molar-refractivity contribution in [2.45, 2.75) is 0 Å². The van der Waals surface area contributed by atoms with Gasteiger partial charge in [-0.05, 0) is 0 Å². The standard InChI is InChI=1S/C18F12N2O6/c19-1-5(23)15(6(24)2(20)13(1)31(33)34)37-17-9(27)11(29)18(12(30)10(17)28)38-16-7(25)3(21)14(32(35)36)4(22)8(16)26. The highest BCUT2D eigenvalue weighted by Crippen LogP contribution is 2.43. The molecule has 0 aliphatic heterocycles.